The van der Waals surface area contributed by atoms with Crippen molar-refractivity contribution in [1.29, 1.82) is 5.41 Å². The van der Waals surface area contributed by atoms with E-state index >= 15 is 0 Å². The first-order valence-electron chi connectivity index (χ1n) is 10.6. The lowest BCUT2D eigenvalue weighted by Gasteiger charge is -2.34. The van der Waals surface area contributed by atoms with Crippen molar-refractivity contribution in [3.63, 3.8) is 0 Å². The highest BCUT2D eigenvalue weighted by atomic mass is 16.5. The molecule has 0 aliphatic carbocycles. The average Bonchev–Trinajstić information content (AvgIpc) is 2.78. The summed E-state index contributed by atoms with van der Waals surface area (Å²) in [6.45, 7) is 1.76. The molecule has 0 spiro atoms. The van der Waals surface area contributed by atoms with Gasteiger partial charge in [0.15, 0.2) is 12.2 Å². The van der Waals surface area contributed by atoms with E-state index in [0.717, 1.165) is 19.5 Å². The number of nitrogens with zero attached hydrogens (tertiary/aromatic N) is 2. The Labute approximate surface area is 190 Å². The van der Waals surface area contributed by atoms with Gasteiger partial charge in [0.05, 0.1) is 12.3 Å². The molecule has 33 heavy (non-hydrogen) atoms. The number of morpholine rings is 1. The number of nitrogens with one attached hydrogen (secondary N) is 2. The van der Waals surface area contributed by atoms with Crippen LogP contribution in [0.1, 0.15) is 22.3 Å². The number of rotatable bonds is 6. The Bertz CT molecular complexity index is 1100. The van der Waals surface area contributed by atoms with Crippen molar-refractivity contribution < 1.29 is 24.2 Å². The van der Waals surface area contributed by atoms with E-state index in [-0.39, 0.29) is 30.6 Å². The number of aliphatic hydroxyl groups is 1. The molecule has 2 heterocycles. The molecule has 4 rings (SSSR count). The van der Waals surface area contributed by atoms with Crippen LogP contribution in [0.15, 0.2) is 48.5 Å². The summed E-state index contributed by atoms with van der Waals surface area (Å²) in [6.07, 6.45) is -2.23. The third-order valence-corrected chi connectivity index (χ3v) is 5.70. The molecule has 5 N–H and O–H groups in total. The number of para-hydroxylation sites is 1. The molecule has 2 saturated heterocycles. The number of amides is 3. The van der Waals surface area contributed by atoms with Gasteiger partial charge >= 0.3 is 0 Å². The van der Waals surface area contributed by atoms with Crippen molar-refractivity contribution in [2.75, 3.05) is 36.5 Å². The van der Waals surface area contributed by atoms with E-state index in [1.165, 1.54) is 11.0 Å². The van der Waals surface area contributed by atoms with Crippen molar-refractivity contribution in [1.82, 2.24) is 4.90 Å². The van der Waals surface area contributed by atoms with Gasteiger partial charge in [0, 0.05) is 36.4 Å². The van der Waals surface area contributed by atoms with Gasteiger partial charge in [0.2, 0.25) is 0 Å². The summed E-state index contributed by atoms with van der Waals surface area (Å²) in [6, 6.07) is 13.1. The molecule has 1 unspecified atom stereocenters. The fraction of sp³-hybridized carbons (Fsp3) is 0.304. The van der Waals surface area contributed by atoms with Gasteiger partial charge in [-0.25, -0.2) is 0 Å². The lowest BCUT2D eigenvalue weighted by atomic mass is 10.1. The number of hydrogen-bond acceptors (Lipinski definition) is 6. The molecule has 2 aromatic carbocycles. The van der Waals surface area contributed by atoms with Crippen LogP contribution in [0, 0.1) is 5.41 Å². The number of hydrogen-bond donors (Lipinski definition) is 4. The van der Waals surface area contributed by atoms with Gasteiger partial charge in [-0.15, -0.1) is 0 Å². The minimum atomic E-state index is -1.79. The van der Waals surface area contributed by atoms with Crippen LogP contribution >= 0.6 is 0 Å². The highest BCUT2D eigenvalue weighted by Gasteiger charge is 2.39. The summed E-state index contributed by atoms with van der Waals surface area (Å²) >= 11 is 0. The molecule has 0 aromatic heterocycles. The second kappa shape index (κ2) is 9.39. The fourth-order valence-corrected chi connectivity index (χ4v) is 3.77. The molecule has 3 amide bonds. The maximum absolute atomic E-state index is 13.1. The monoisotopic (exact) mass is 451 g/mol. The number of ether oxygens (including phenoxy) is 1. The minimum Gasteiger partial charge on any atom is -0.384 e. The highest BCUT2D eigenvalue weighted by Crippen LogP contribution is 2.24. The number of aliphatic hydroxyl groups excluding tert-OH is 1. The van der Waals surface area contributed by atoms with Crippen LogP contribution in [0.2, 0.25) is 0 Å². The number of benzene rings is 2. The van der Waals surface area contributed by atoms with Crippen LogP contribution in [0.5, 0.6) is 0 Å². The van der Waals surface area contributed by atoms with E-state index in [0.29, 0.717) is 16.8 Å². The van der Waals surface area contributed by atoms with E-state index in [1.54, 1.807) is 47.4 Å². The lowest BCUT2D eigenvalue weighted by Crippen LogP contribution is -2.55. The molecule has 2 fully saturated rings. The van der Waals surface area contributed by atoms with E-state index in [1.807, 2.05) is 0 Å². The number of carbonyl (C=O) groups excluding carboxylic acids is 3. The Morgan fingerprint density at radius 2 is 1.91 bits per heavy atom. The summed E-state index contributed by atoms with van der Waals surface area (Å²) in [4.78, 5) is 41.4. The topological polar surface area (TPSA) is 149 Å². The van der Waals surface area contributed by atoms with E-state index < -0.39 is 24.0 Å². The van der Waals surface area contributed by atoms with Crippen LogP contribution in [-0.4, -0.2) is 72.0 Å². The largest absolute Gasteiger partial charge is 0.384 e. The summed E-state index contributed by atoms with van der Waals surface area (Å²) in [7, 11) is 0. The SMILES string of the molecule is N=C(N)c1ccccc1NC(=O)C(O)[C@H]1OCCN(c2cccc(C(=O)N3CCC3)c2)C1=O. The molecule has 2 aliphatic heterocycles. The molecule has 0 radical (unpaired) electrons. The van der Waals surface area contributed by atoms with Crippen LogP contribution in [0.3, 0.4) is 0 Å². The van der Waals surface area contributed by atoms with Crippen molar-refractivity contribution >= 4 is 34.9 Å². The number of anilines is 2. The van der Waals surface area contributed by atoms with Gasteiger partial charge in [-0.1, -0.05) is 18.2 Å². The van der Waals surface area contributed by atoms with Crippen LogP contribution < -0.4 is 16.0 Å². The van der Waals surface area contributed by atoms with Crippen molar-refractivity contribution in [3.05, 3.63) is 59.7 Å². The number of nitrogens with two attached hydrogens (primary N) is 1. The highest BCUT2D eigenvalue weighted by molar-refractivity contribution is 6.07. The molecule has 2 aliphatic rings. The van der Waals surface area contributed by atoms with E-state index in [9.17, 15) is 19.5 Å². The van der Waals surface area contributed by atoms with E-state index in [2.05, 4.69) is 5.32 Å². The van der Waals surface area contributed by atoms with Crippen molar-refractivity contribution in [3.8, 4) is 0 Å². The Kier molecular flexibility index (Phi) is 6.38. The van der Waals surface area contributed by atoms with Crippen molar-refractivity contribution in [2.45, 2.75) is 18.6 Å². The van der Waals surface area contributed by atoms with Crippen molar-refractivity contribution in [2.24, 2.45) is 5.73 Å². The molecule has 0 bridgehead atoms. The fourth-order valence-electron chi connectivity index (χ4n) is 3.77. The average molecular weight is 451 g/mol. The van der Waals surface area contributed by atoms with Gasteiger partial charge in [-0.2, -0.15) is 0 Å². The zero-order chi connectivity index (χ0) is 23.5. The Morgan fingerprint density at radius 1 is 1.15 bits per heavy atom. The normalized spacial score (nSPS) is 18.9. The summed E-state index contributed by atoms with van der Waals surface area (Å²) in [5.74, 6) is -1.78. The summed E-state index contributed by atoms with van der Waals surface area (Å²) in [5.41, 5.74) is 7.04. The third-order valence-electron chi connectivity index (χ3n) is 5.70. The lowest BCUT2D eigenvalue weighted by molar-refractivity contribution is -0.150. The number of nitrogen functional groups attached to an aromatic ring is 1. The van der Waals surface area contributed by atoms with Crippen LogP contribution in [0.25, 0.3) is 0 Å². The van der Waals surface area contributed by atoms with E-state index in [4.69, 9.17) is 15.9 Å². The smallest absolute Gasteiger partial charge is 0.259 e. The quantitative estimate of drug-likeness (QED) is 0.372. The summed E-state index contributed by atoms with van der Waals surface area (Å²) < 4.78 is 5.44. The van der Waals surface area contributed by atoms with Gasteiger partial charge < -0.3 is 30.7 Å². The standard InChI is InChI=1S/C23H25N5O5/c24-20(25)16-7-1-2-8-17(16)26-21(30)18(29)19-23(32)28(11-12-33-19)15-6-3-5-14(13-15)22(31)27-9-4-10-27/h1-3,5-8,13,18-19,29H,4,9-12H2,(H3,24,25)(H,26,30)/t18?,19-/m1/s1. The minimum absolute atomic E-state index is 0.0936. The van der Waals surface area contributed by atoms with Gasteiger partial charge in [-0.3, -0.25) is 19.8 Å². The van der Waals surface area contributed by atoms with Crippen LogP contribution in [-0.2, 0) is 14.3 Å². The third kappa shape index (κ3) is 4.57. The maximum atomic E-state index is 13.1. The van der Waals surface area contributed by atoms with Gasteiger partial charge in [0.1, 0.15) is 5.84 Å². The number of carbonyl (C=O) groups is 3. The predicted octanol–water partition coefficient (Wildman–Crippen LogP) is 0.548. The number of likely N-dealkylation sites (tertiary alicyclic amines) is 1. The molecule has 2 atom stereocenters. The predicted molar refractivity (Wildman–Crippen MR) is 121 cm³/mol. The maximum Gasteiger partial charge on any atom is 0.259 e. The first kappa shape index (κ1) is 22.4. The molecule has 10 heteroatoms. The second-order valence-corrected chi connectivity index (χ2v) is 7.87. The molecule has 2 aromatic rings. The zero-order valence-electron chi connectivity index (χ0n) is 17.9. The zero-order valence-corrected chi connectivity index (χ0v) is 17.9. The Balaban J connectivity index is 1.49. The molecular formula is C23H25N5O5. The first-order valence-corrected chi connectivity index (χ1v) is 10.6. The second-order valence-electron chi connectivity index (χ2n) is 7.87. The molecule has 10 nitrogen and oxygen atoms in total. The first-order chi connectivity index (χ1) is 15.9. The molecule has 0 saturated carbocycles. The van der Waals surface area contributed by atoms with Gasteiger partial charge in [0.25, 0.3) is 17.7 Å². The van der Waals surface area contributed by atoms with Gasteiger partial charge in [-0.05, 0) is 36.8 Å². The molecule has 172 valence electrons. The number of amidine groups is 1. The summed E-state index contributed by atoms with van der Waals surface area (Å²) in [5, 5.41) is 20.7. The Hall–Kier alpha value is -3.76. The van der Waals surface area contributed by atoms with Crippen LogP contribution in [0.4, 0.5) is 11.4 Å². The molecular weight excluding hydrogens is 426 g/mol. The Morgan fingerprint density at radius 3 is 2.61 bits per heavy atom.